The zero-order valence-electron chi connectivity index (χ0n) is 46.7. The molecule has 0 radical (unpaired) electrons. The standard InChI is InChI=1S/C82H50N4/c1-3-15-67-53(13-1)27-36-62-49-73(69-17-5-7-19-71(69)79(62)67)60-34-31-57-47-64(38-33-56(57)45-60)82-84-75-21-9-11-23-77(75)85(82)65-42-39-52(40-43-65)51-25-29-55(30-26-51)81-83-76-22-10-12-24-78(76)86(81)66-44-41-58-46-61(35-32-59(58)48-66)74-50-63-37-28-54-14-2-4-16-68(54)80(63)72-20-8-6-18-70(72)74/h1-50H. The fourth-order valence-electron chi connectivity index (χ4n) is 13.9. The van der Waals surface area contributed by atoms with Crippen molar-refractivity contribution in [3.63, 3.8) is 0 Å². The van der Waals surface area contributed by atoms with Crippen molar-refractivity contribution in [2.45, 2.75) is 0 Å². The molecule has 18 rings (SSSR count). The summed E-state index contributed by atoms with van der Waals surface area (Å²) in [5, 5.41) is 20.0. The van der Waals surface area contributed by atoms with Gasteiger partial charge in [-0.1, -0.05) is 224 Å². The SMILES string of the molecule is c1ccc2c(c1)ccc1cc(-c3ccc4cc(-c5nc6ccccc6n5-c5ccc(-c6ccc(-c7nc8ccccc8n7-c7ccc8cc(-c9cc%10ccc%11ccccc%11c%10c%10ccccc9%10)ccc8c7)cc6)cc5)ccc4c3)c3ccccc3c12. The molecule has 2 heterocycles. The summed E-state index contributed by atoms with van der Waals surface area (Å²) in [6.45, 7) is 0. The molecule has 4 heteroatoms. The van der Waals surface area contributed by atoms with Crippen LogP contribution in [0.4, 0.5) is 0 Å². The normalized spacial score (nSPS) is 12.0. The molecular formula is C82H50N4. The highest BCUT2D eigenvalue weighted by atomic mass is 15.1. The number of hydrogen-bond acceptors (Lipinski definition) is 2. The second-order valence-electron chi connectivity index (χ2n) is 22.9. The molecule has 4 nitrogen and oxygen atoms in total. The maximum absolute atomic E-state index is 5.29. The Balaban J connectivity index is 0.653. The van der Waals surface area contributed by atoms with E-state index in [2.05, 4.69) is 312 Å². The predicted molar refractivity (Wildman–Crippen MR) is 363 cm³/mol. The Morgan fingerprint density at radius 2 is 0.558 bits per heavy atom. The summed E-state index contributed by atoms with van der Waals surface area (Å²) in [4.78, 5) is 10.6. The highest BCUT2D eigenvalue weighted by Crippen LogP contribution is 2.43. The zero-order chi connectivity index (χ0) is 56.4. The fourth-order valence-corrected chi connectivity index (χ4v) is 13.9. The Morgan fingerprint density at radius 1 is 0.209 bits per heavy atom. The first-order valence-corrected chi connectivity index (χ1v) is 29.5. The number of para-hydroxylation sites is 4. The molecule has 18 aromatic rings. The van der Waals surface area contributed by atoms with Gasteiger partial charge in [-0.25, -0.2) is 9.97 Å². The highest BCUT2D eigenvalue weighted by molar-refractivity contribution is 6.25. The van der Waals surface area contributed by atoms with Crippen LogP contribution < -0.4 is 0 Å². The van der Waals surface area contributed by atoms with Gasteiger partial charge in [0, 0.05) is 22.5 Å². The Bertz CT molecular complexity index is 5830. The van der Waals surface area contributed by atoms with Crippen LogP contribution >= 0.6 is 0 Å². The molecule has 16 aromatic carbocycles. The van der Waals surface area contributed by atoms with Crippen LogP contribution in [-0.4, -0.2) is 19.1 Å². The Kier molecular flexibility index (Phi) is 10.7. The number of benzene rings is 16. The van der Waals surface area contributed by atoms with E-state index in [-0.39, 0.29) is 0 Å². The minimum atomic E-state index is 0.903. The van der Waals surface area contributed by atoms with Gasteiger partial charge in [0.1, 0.15) is 11.6 Å². The monoisotopic (exact) mass is 1090 g/mol. The Morgan fingerprint density at radius 3 is 1.10 bits per heavy atom. The van der Waals surface area contributed by atoms with Gasteiger partial charge in [0.2, 0.25) is 0 Å². The number of fused-ring (bicyclic) bond motifs is 14. The molecule has 0 saturated carbocycles. The number of hydrogen-bond donors (Lipinski definition) is 0. The smallest absolute Gasteiger partial charge is 0.145 e. The van der Waals surface area contributed by atoms with Crippen LogP contribution in [-0.2, 0) is 0 Å². The first kappa shape index (κ1) is 48.1. The predicted octanol–water partition coefficient (Wildman–Crippen LogP) is 21.9. The number of rotatable bonds is 7. The first-order chi connectivity index (χ1) is 42.6. The summed E-state index contributed by atoms with van der Waals surface area (Å²) in [5.41, 5.74) is 15.4. The van der Waals surface area contributed by atoms with Gasteiger partial charge >= 0.3 is 0 Å². The zero-order valence-corrected chi connectivity index (χ0v) is 46.7. The summed E-state index contributed by atoms with van der Waals surface area (Å²) in [5.74, 6) is 1.81. The number of imidazole rings is 2. The van der Waals surface area contributed by atoms with Gasteiger partial charge in [0.25, 0.3) is 0 Å². The van der Waals surface area contributed by atoms with Gasteiger partial charge < -0.3 is 0 Å². The van der Waals surface area contributed by atoms with Gasteiger partial charge in [0.05, 0.1) is 22.1 Å². The maximum atomic E-state index is 5.29. The van der Waals surface area contributed by atoms with E-state index in [9.17, 15) is 0 Å². The average molecular weight is 1090 g/mol. The van der Waals surface area contributed by atoms with Crippen LogP contribution in [0.15, 0.2) is 303 Å². The lowest BCUT2D eigenvalue weighted by Crippen LogP contribution is -1.98. The molecule has 0 aliphatic rings. The van der Waals surface area contributed by atoms with Gasteiger partial charge in [0.15, 0.2) is 0 Å². The third kappa shape index (κ3) is 7.63. The van der Waals surface area contributed by atoms with E-state index in [4.69, 9.17) is 9.97 Å². The summed E-state index contributed by atoms with van der Waals surface area (Å²) >= 11 is 0. The molecule has 0 spiro atoms. The van der Waals surface area contributed by atoms with Crippen molar-refractivity contribution >= 4 is 108 Å². The van der Waals surface area contributed by atoms with Crippen molar-refractivity contribution in [3.8, 4) is 67.5 Å². The number of nitrogens with zero attached hydrogens (tertiary/aromatic N) is 4. The summed E-state index contributed by atoms with van der Waals surface area (Å²) in [6, 6.07) is 111. The summed E-state index contributed by atoms with van der Waals surface area (Å²) in [6.07, 6.45) is 0. The van der Waals surface area contributed by atoms with Crippen molar-refractivity contribution in [2.75, 3.05) is 0 Å². The van der Waals surface area contributed by atoms with Crippen LogP contribution in [0.5, 0.6) is 0 Å². The molecule has 86 heavy (non-hydrogen) atoms. The minimum Gasteiger partial charge on any atom is -0.292 e. The lowest BCUT2D eigenvalue weighted by Gasteiger charge is -2.15. The van der Waals surface area contributed by atoms with E-state index in [1.165, 1.54) is 108 Å². The van der Waals surface area contributed by atoms with Gasteiger partial charge in [-0.2, -0.15) is 0 Å². The quantitative estimate of drug-likeness (QED) is 0.149. The molecule has 0 unspecified atom stereocenters. The minimum absolute atomic E-state index is 0.903. The van der Waals surface area contributed by atoms with Crippen molar-refractivity contribution < 1.29 is 0 Å². The Hall–Kier alpha value is -11.5. The second kappa shape index (κ2) is 19.0. The Labute approximate surface area is 495 Å². The van der Waals surface area contributed by atoms with E-state index in [1.54, 1.807) is 0 Å². The molecule has 0 amide bonds. The molecule has 0 aliphatic carbocycles. The summed E-state index contributed by atoms with van der Waals surface area (Å²) < 4.78 is 4.61. The maximum Gasteiger partial charge on any atom is 0.145 e. The van der Waals surface area contributed by atoms with Gasteiger partial charge in [-0.15, -0.1) is 0 Å². The van der Waals surface area contributed by atoms with Gasteiger partial charge in [-0.3, -0.25) is 9.13 Å². The molecule has 0 bridgehead atoms. The largest absolute Gasteiger partial charge is 0.292 e. The molecule has 0 aliphatic heterocycles. The first-order valence-electron chi connectivity index (χ1n) is 29.5. The number of aromatic nitrogens is 4. The van der Waals surface area contributed by atoms with Crippen molar-refractivity contribution in [3.05, 3.63) is 303 Å². The van der Waals surface area contributed by atoms with E-state index < -0.39 is 0 Å². The third-order valence-electron chi connectivity index (χ3n) is 18.0. The molecule has 398 valence electrons. The van der Waals surface area contributed by atoms with Crippen LogP contribution in [0.2, 0.25) is 0 Å². The van der Waals surface area contributed by atoms with Crippen molar-refractivity contribution in [2.24, 2.45) is 0 Å². The fraction of sp³-hybridized carbons (Fsp3) is 0. The van der Waals surface area contributed by atoms with E-state index in [1.807, 2.05) is 0 Å². The van der Waals surface area contributed by atoms with Crippen molar-refractivity contribution in [1.82, 2.24) is 19.1 Å². The molecule has 0 fully saturated rings. The van der Waals surface area contributed by atoms with Gasteiger partial charge in [-0.05, 0) is 198 Å². The van der Waals surface area contributed by atoms with E-state index in [0.29, 0.717) is 0 Å². The van der Waals surface area contributed by atoms with Crippen LogP contribution in [0.3, 0.4) is 0 Å². The van der Waals surface area contributed by atoms with Crippen molar-refractivity contribution in [1.29, 1.82) is 0 Å². The lowest BCUT2D eigenvalue weighted by molar-refractivity contribution is 1.10. The third-order valence-corrected chi connectivity index (χ3v) is 18.0. The van der Waals surface area contributed by atoms with E-state index in [0.717, 1.165) is 67.3 Å². The molecule has 0 atom stereocenters. The lowest BCUT2D eigenvalue weighted by atomic mass is 9.90. The van der Waals surface area contributed by atoms with Crippen LogP contribution in [0.25, 0.3) is 176 Å². The van der Waals surface area contributed by atoms with E-state index >= 15 is 0 Å². The topological polar surface area (TPSA) is 35.6 Å². The molecular weight excluding hydrogens is 1040 g/mol. The molecule has 0 N–H and O–H groups in total. The second-order valence-corrected chi connectivity index (χ2v) is 22.9. The summed E-state index contributed by atoms with van der Waals surface area (Å²) in [7, 11) is 0. The van der Waals surface area contributed by atoms with Crippen LogP contribution in [0, 0.1) is 0 Å². The average Bonchev–Trinajstić information content (AvgIpc) is 2.16. The highest BCUT2D eigenvalue weighted by Gasteiger charge is 2.20. The molecule has 0 saturated heterocycles. The molecule has 2 aromatic heterocycles. The van der Waals surface area contributed by atoms with Crippen LogP contribution in [0.1, 0.15) is 0 Å².